The number of carbonyl (C=O) groups excluding carboxylic acids is 1. The molecule has 0 saturated carbocycles. The van der Waals surface area contributed by atoms with E-state index in [1.807, 2.05) is 0 Å². The quantitative estimate of drug-likeness (QED) is 0.455. The molecule has 0 amide bonds. The van der Waals surface area contributed by atoms with Crippen molar-refractivity contribution in [1.82, 2.24) is 0 Å². The van der Waals surface area contributed by atoms with E-state index in [1.165, 1.54) is 6.07 Å². The van der Waals surface area contributed by atoms with E-state index < -0.39 is 35.4 Å². The Morgan fingerprint density at radius 3 is 2.12 bits per heavy atom. The first kappa shape index (κ1) is 20.2. The maximum Gasteiger partial charge on any atom is 0.421 e. The molecule has 0 radical (unpaired) electrons. The Bertz CT molecular complexity index is 806. The highest BCUT2D eigenvalue weighted by Gasteiger charge is 2.56. The van der Waals surface area contributed by atoms with Gasteiger partial charge in [0.25, 0.3) is 0 Å². The van der Waals surface area contributed by atoms with Gasteiger partial charge in [-0.25, -0.2) is 4.39 Å². The van der Waals surface area contributed by atoms with Crippen molar-refractivity contribution in [2.75, 3.05) is 0 Å². The summed E-state index contributed by atoms with van der Waals surface area (Å²) in [4.78, 5) is 12.2. The fourth-order valence-electron chi connectivity index (χ4n) is 2.16. The molecule has 25 heavy (non-hydrogen) atoms. The predicted molar refractivity (Wildman–Crippen MR) is 89.5 cm³/mol. The molecule has 0 spiro atoms. The average Bonchev–Trinajstić information content (AvgIpc) is 2.47. The van der Waals surface area contributed by atoms with Gasteiger partial charge in [0, 0.05) is 15.6 Å². The van der Waals surface area contributed by atoms with Crippen molar-refractivity contribution >= 4 is 44.9 Å². The average molecular weight is 460 g/mol. The SMILES string of the molecule is O=C(CC(O)(c1cc(Cl)cc(Cl)c1)C(F)(F)F)c1ccc(F)c(Br)c1. The van der Waals surface area contributed by atoms with Crippen LogP contribution in [0.5, 0.6) is 0 Å². The fraction of sp³-hybridized carbons (Fsp3) is 0.188. The van der Waals surface area contributed by atoms with Crippen molar-refractivity contribution in [3.63, 3.8) is 0 Å². The maximum absolute atomic E-state index is 13.5. The first-order valence-electron chi connectivity index (χ1n) is 6.68. The van der Waals surface area contributed by atoms with Crippen LogP contribution in [-0.4, -0.2) is 17.1 Å². The number of aliphatic hydroxyl groups is 1. The highest BCUT2D eigenvalue weighted by atomic mass is 79.9. The summed E-state index contributed by atoms with van der Waals surface area (Å²) in [5.74, 6) is -1.71. The summed E-state index contributed by atoms with van der Waals surface area (Å²) in [5, 5.41) is 10.0. The first-order valence-corrected chi connectivity index (χ1v) is 8.23. The van der Waals surface area contributed by atoms with Gasteiger partial charge in [0.05, 0.1) is 10.9 Å². The lowest BCUT2D eigenvalue weighted by molar-refractivity contribution is -0.264. The second-order valence-electron chi connectivity index (χ2n) is 5.24. The van der Waals surface area contributed by atoms with Crippen molar-refractivity contribution in [2.45, 2.75) is 18.2 Å². The molecule has 0 heterocycles. The van der Waals surface area contributed by atoms with Crippen LogP contribution >= 0.6 is 39.1 Å². The van der Waals surface area contributed by atoms with Crippen LogP contribution in [0.1, 0.15) is 22.3 Å². The minimum Gasteiger partial charge on any atom is -0.376 e. The largest absolute Gasteiger partial charge is 0.421 e. The molecule has 0 fully saturated rings. The molecule has 2 aromatic rings. The van der Waals surface area contributed by atoms with Crippen molar-refractivity contribution in [1.29, 1.82) is 0 Å². The highest BCUT2D eigenvalue weighted by Crippen LogP contribution is 2.43. The Morgan fingerprint density at radius 2 is 1.64 bits per heavy atom. The molecule has 1 unspecified atom stereocenters. The standard InChI is InChI=1S/C16H9BrCl2F4O2/c17-12-3-8(1-2-13(12)20)14(24)7-15(25,16(21,22)23)9-4-10(18)6-11(19)5-9/h1-6,25H,7H2. The third-order valence-electron chi connectivity index (χ3n) is 3.47. The van der Waals surface area contributed by atoms with Crippen LogP contribution in [0, 0.1) is 5.82 Å². The predicted octanol–water partition coefficient (Wildman–Crippen LogP) is 5.92. The molecular weight excluding hydrogens is 451 g/mol. The lowest BCUT2D eigenvalue weighted by atomic mass is 9.86. The van der Waals surface area contributed by atoms with Crippen molar-refractivity contribution in [3.05, 3.63) is 67.9 Å². The fourth-order valence-corrected chi connectivity index (χ4v) is 3.07. The Morgan fingerprint density at radius 1 is 1.08 bits per heavy atom. The van der Waals surface area contributed by atoms with E-state index in [1.54, 1.807) is 0 Å². The van der Waals surface area contributed by atoms with Gasteiger partial charge in [-0.1, -0.05) is 23.2 Å². The van der Waals surface area contributed by atoms with Crippen molar-refractivity contribution < 1.29 is 27.5 Å². The topological polar surface area (TPSA) is 37.3 Å². The summed E-state index contributed by atoms with van der Waals surface area (Å²) in [6.07, 6.45) is -6.49. The molecule has 134 valence electrons. The van der Waals surface area contributed by atoms with Crippen molar-refractivity contribution in [3.8, 4) is 0 Å². The molecule has 0 saturated heterocycles. The Hall–Kier alpha value is -1.15. The van der Waals surface area contributed by atoms with Crippen LogP contribution in [0.25, 0.3) is 0 Å². The van der Waals surface area contributed by atoms with Gasteiger partial charge in [0.2, 0.25) is 0 Å². The Kier molecular flexibility index (Phi) is 5.83. The van der Waals surface area contributed by atoms with Gasteiger partial charge in [-0.2, -0.15) is 13.2 Å². The summed E-state index contributed by atoms with van der Waals surface area (Å²) in [6.45, 7) is 0. The van der Waals surface area contributed by atoms with E-state index in [0.29, 0.717) is 0 Å². The second-order valence-corrected chi connectivity index (χ2v) is 6.97. The number of benzene rings is 2. The van der Waals surface area contributed by atoms with E-state index >= 15 is 0 Å². The van der Waals surface area contributed by atoms with Crippen LogP contribution in [0.2, 0.25) is 10.0 Å². The molecule has 0 aliphatic rings. The number of hydrogen-bond acceptors (Lipinski definition) is 2. The molecular formula is C16H9BrCl2F4O2. The summed E-state index contributed by atoms with van der Waals surface area (Å²) >= 11 is 14.3. The first-order chi connectivity index (χ1) is 11.4. The van der Waals surface area contributed by atoms with Gasteiger partial charge in [-0.3, -0.25) is 4.79 Å². The molecule has 0 aliphatic heterocycles. The normalized spacial score (nSPS) is 14.2. The zero-order valence-electron chi connectivity index (χ0n) is 12.2. The number of ketones is 1. The highest BCUT2D eigenvalue weighted by molar-refractivity contribution is 9.10. The second kappa shape index (κ2) is 7.23. The van der Waals surface area contributed by atoms with Gasteiger partial charge in [0.1, 0.15) is 5.82 Å². The molecule has 1 atom stereocenters. The number of Topliss-reactive ketones (excluding diaryl/α,β-unsaturated/α-hetero) is 1. The number of alkyl halides is 3. The van der Waals surface area contributed by atoms with Crippen LogP contribution in [0.3, 0.4) is 0 Å². The smallest absolute Gasteiger partial charge is 0.376 e. The Balaban J connectivity index is 2.47. The van der Waals surface area contributed by atoms with E-state index in [-0.39, 0.29) is 20.1 Å². The van der Waals surface area contributed by atoms with Gasteiger partial charge in [-0.15, -0.1) is 0 Å². The van der Waals surface area contributed by atoms with E-state index in [4.69, 9.17) is 23.2 Å². The van der Waals surface area contributed by atoms with Gasteiger partial charge >= 0.3 is 6.18 Å². The summed E-state index contributed by atoms with van der Waals surface area (Å²) < 4.78 is 53.7. The number of hydrogen-bond donors (Lipinski definition) is 1. The minimum atomic E-state index is -5.17. The van der Waals surface area contributed by atoms with Gasteiger partial charge in [-0.05, 0) is 57.9 Å². The van der Waals surface area contributed by atoms with Crippen LogP contribution in [0.15, 0.2) is 40.9 Å². The third-order valence-corrected chi connectivity index (χ3v) is 4.51. The summed E-state index contributed by atoms with van der Waals surface area (Å²) in [7, 11) is 0. The van der Waals surface area contributed by atoms with Gasteiger partial charge < -0.3 is 5.11 Å². The molecule has 0 aliphatic carbocycles. The maximum atomic E-state index is 13.5. The molecule has 0 aromatic heterocycles. The molecule has 9 heteroatoms. The zero-order chi connectivity index (χ0) is 19.0. The Labute approximate surface area is 158 Å². The molecule has 2 nitrogen and oxygen atoms in total. The van der Waals surface area contributed by atoms with E-state index in [0.717, 1.165) is 30.3 Å². The van der Waals surface area contributed by atoms with Crippen LogP contribution in [0.4, 0.5) is 17.6 Å². The minimum absolute atomic E-state index is 0.0836. The van der Waals surface area contributed by atoms with Gasteiger partial charge in [0.15, 0.2) is 11.4 Å². The number of rotatable bonds is 4. The molecule has 2 aromatic carbocycles. The lowest BCUT2D eigenvalue weighted by Gasteiger charge is -2.30. The molecule has 1 N–H and O–H groups in total. The number of halogens is 7. The lowest BCUT2D eigenvalue weighted by Crippen LogP contribution is -2.44. The van der Waals surface area contributed by atoms with E-state index in [2.05, 4.69) is 15.9 Å². The molecule has 0 bridgehead atoms. The van der Waals surface area contributed by atoms with Crippen LogP contribution in [-0.2, 0) is 5.60 Å². The number of carbonyl (C=O) groups is 1. The van der Waals surface area contributed by atoms with Crippen molar-refractivity contribution in [2.24, 2.45) is 0 Å². The molecule has 2 rings (SSSR count). The monoisotopic (exact) mass is 458 g/mol. The summed E-state index contributed by atoms with van der Waals surface area (Å²) in [5.41, 5.74) is -4.35. The van der Waals surface area contributed by atoms with E-state index in [9.17, 15) is 27.5 Å². The third kappa shape index (κ3) is 4.34. The van der Waals surface area contributed by atoms with Crippen LogP contribution < -0.4 is 0 Å². The zero-order valence-corrected chi connectivity index (χ0v) is 15.3. The summed E-state index contributed by atoms with van der Waals surface area (Å²) in [6, 6.07) is 5.97.